The van der Waals surface area contributed by atoms with Gasteiger partial charge in [-0.1, -0.05) is 0 Å². The van der Waals surface area contributed by atoms with Gasteiger partial charge in [-0.2, -0.15) is 13.2 Å². The van der Waals surface area contributed by atoms with Gasteiger partial charge in [0.05, 0.1) is 11.7 Å². The highest BCUT2D eigenvalue weighted by Crippen LogP contribution is 2.35. The van der Waals surface area contributed by atoms with Gasteiger partial charge in [-0.05, 0) is 31.5 Å². The number of alkyl halides is 3. The van der Waals surface area contributed by atoms with Crippen LogP contribution in [0.15, 0.2) is 18.2 Å². The molecule has 1 unspecified atom stereocenters. The summed E-state index contributed by atoms with van der Waals surface area (Å²) in [7, 11) is 0. The molecule has 4 N–H and O–H groups in total. The van der Waals surface area contributed by atoms with E-state index in [1.165, 1.54) is 12.1 Å². The zero-order chi connectivity index (χ0) is 13.1. The fourth-order valence-corrected chi connectivity index (χ4v) is 1.37. The number of rotatable bonds is 4. The molecule has 0 heterocycles. The van der Waals surface area contributed by atoms with E-state index in [0.717, 1.165) is 6.07 Å². The maximum absolute atomic E-state index is 12.7. The molecular formula is C11H15F3N2O. The summed E-state index contributed by atoms with van der Waals surface area (Å²) in [4.78, 5) is 0. The van der Waals surface area contributed by atoms with Crippen LogP contribution in [0.3, 0.4) is 0 Å². The van der Waals surface area contributed by atoms with Crippen molar-refractivity contribution < 1.29 is 18.3 Å². The minimum absolute atomic E-state index is 0.0210. The Labute approximate surface area is 97.4 Å². The zero-order valence-electron chi connectivity index (χ0n) is 9.38. The van der Waals surface area contributed by atoms with E-state index in [-0.39, 0.29) is 17.9 Å². The third-order valence-electron chi connectivity index (χ3n) is 2.23. The first-order valence-electron chi connectivity index (χ1n) is 5.19. The second-order valence-electron chi connectivity index (χ2n) is 3.87. The van der Waals surface area contributed by atoms with E-state index >= 15 is 0 Å². The summed E-state index contributed by atoms with van der Waals surface area (Å²) in [5.41, 5.74) is 4.59. The first-order chi connectivity index (χ1) is 7.80. The first-order valence-corrected chi connectivity index (χ1v) is 5.19. The third-order valence-corrected chi connectivity index (χ3v) is 2.23. The van der Waals surface area contributed by atoms with E-state index in [1.54, 1.807) is 6.92 Å². The number of halogens is 3. The maximum atomic E-state index is 12.7. The van der Waals surface area contributed by atoms with Gasteiger partial charge in [-0.3, -0.25) is 0 Å². The molecule has 0 saturated heterocycles. The molecule has 6 heteroatoms. The van der Waals surface area contributed by atoms with Crippen LogP contribution >= 0.6 is 0 Å². The highest BCUT2D eigenvalue weighted by molar-refractivity contribution is 5.59. The van der Waals surface area contributed by atoms with E-state index in [4.69, 9.17) is 10.8 Å². The lowest BCUT2D eigenvalue weighted by molar-refractivity contribution is -0.136. The number of hydrogen-bond acceptors (Lipinski definition) is 3. The van der Waals surface area contributed by atoms with Gasteiger partial charge in [0, 0.05) is 17.9 Å². The largest absolute Gasteiger partial charge is 0.418 e. The fourth-order valence-electron chi connectivity index (χ4n) is 1.37. The van der Waals surface area contributed by atoms with Crippen molar-refractivity contribution in [2.75, 3.05) is 17.6 Å². The van der Waals surface area contributed by atoms with Gasteiger partial charge >= 0.3 is 6.18 Å². The molecule has 0 amide bonds. The molecule has 0 spiro atoms. The zero-order valence-corrected chi connectivity index (χ0v) is 9.38. The van der Waals surface area contributed by atoms with E-state index < -0.39 is 17.8 Å². The van der Waals surface area contributed by atoms with Crippen molar-refractivity contribution in [2.24, 2.45) is 0 Å². The topological polar surface area (TPSA) is 58.3 Å². The summed E-state index contributed by atoms with van der Waals surface area (Å²) < 4.78 is 38.0. The van der Waals surface area contributed by atoms with Crippen LogP contribution in [0.25, 0.3) is 0 Å². The molecule has 0 aromatic heterocycles. The highest BCUT2D eigenvalue weighted by Gasteiger charge is 2.33. The summed E-state index contributed by atoms with van der Waals surface area (Å²) in [5, 5.41) is 11.7. The number of benzene rings is 1. The summed E-state index contributed by atoms with van der Waals surface area (Å²) in [5.74, 6) is 0. The molecule has 1 aromatic rings. The van der Waals surface area contributed by atoms with Crippen molar-refractivity contribution in [3.05, 3.63) is 23.8 Å². The molecule has 0 bridgehead atoms. The van der Waals surface area contributed by atoms with E-state index in [2.05, 4.69) is 5.32 Å². The Balaban J connectivity index is 2.84. The number of anilines is 2. The molecule has 1 rings (SSSR count). The number of nitrogens with two attached hydrogens (primary N) is 1. The van der Waals surface area contributed by atoms with Crippen molar-refractivity contribution in [1.82, 2.24) is 0 Å². The second kappa shape index (κ2) is 5.27. The van der Waals surface area contributed by atoms with Crippen molar-refractivity contribution in [3.8, 4) is 0 Å². The summed E-state index contributed by atoms with van der Waals surface area (Å²) in [6.45, 7) is 1.85. The Hall–Kier alpha value is -1.43. The standard InChI is InChI=1S/C11H15F3N2O/c1-7(17)4-5-16-10-3-2-8(15)6-9(10)11(12,13)14/h2-3,6-7,16-17H,4-5,15H2,1H3. The maximum Gasteiger partial charge on any atom is 0.418 e. The van der Waals surface area contributed by atoms with Crippen LogP contribution in [0.1, 0.15) is 18.9 Å². The molecule has 0 aliphatic heterocycles. The van der Waals surface area contributed by atoms with Crippen molar-refractivity contribution in [3.63, 3.8) is 0 Å². The van der Waals surface area contributed by atoms with Crippen molar-refractivity contribution in [2.45, 2.75) is 25.6 Å². The summed E-state index contributed by atoms with van der Waals surface area (Å²) in [6, 6.07) is 3.59. The Kier molecular flexibility index (Phi) is 4.22. The lowest BCUT2D eigenvalue weighted by Gasteiger charge is -2.15. The molecule has 17 heavy (non-hydrogen) atoms. The predicted octanol–water partition coefficient (Wildman–Crippen LogP) is 2.47. The highest BCUT2D eigenvalue weighted by atomic mass is 19.4. The van der Waals surface area contributed by atoms with Gasteiger partial charge in [-0.15, -0.1) is 0 Å². The van der Waals surface area contributed by atoms with Crippen LogP contribution in [0.5, 0.6) is 0 Å². The first kappa shape index (κ1) is 13.6. The smallest absolute Gasteiger partial charge is 0.399 e. The second-order valence-corrected chi connectivity index (χ2v) is 3.87. The van der Waals surface area contributed by atoms with Gasteiger partial charge in [0.15, 0.2) is 0 Å². The van der Waals surface area contributed by atoms with Gasteiger partial charge in [0.2, 0.25) is 0 Å². The van der Waals surface area contributed by atoms with Gasteiger partial charge < -0.3 is 16.2 Å². The molecule has 0 saturated carbocycles. The van der Waals surface area contributed by atoms with Gasteiger partial charge in [0.1, 0.15) is 0 Å². The van der Waals surface area contributed by atoms with Gasteiger partial charge in [-0.25, -0.2) is 0 Å². The number of nitrogens with one attached hydrogen (secondary N) is 1. The Morgan fingerprint density at radius 1 is 1.41 bits per heavy atom. The van der Waals surface area contributed by atoms with Crippen LogP contribution < -0.4 is 11.1 Å². The van der Waals surface area contributed by atoms with Crippen molar-refractivity contribution >= 4 is 11.4 Å². The quantitative estimate of drug-likeness (QED) is 0.717. The Morgan fingerprint density at radius 3 is 2.59 bits per heavy atom. The van der Waals surface area contributed by atoms with Gasteiger partial charge in [0.25, 0.3) is 0 Å². The number of aliphatic hydroxyl groups excluding tert-OH is 1. The summed E-state index contributed by atoms with van der Waals surface area (Å²) >= 11 is 0. The number of aliphatic hydroxyl groups is 1. The molecule has 0 aliphatic rings. The Bertz CT molecular complexity index is 377. The molecule has 96 valence electrons. The predicted molar refractivity (Wildman–Crippen MR) is 60.6 cm³/mol. The van der Waals surface area contributed by atoms with E-state index in [9.17, 15) is 13.2 Å². The van der Waals surface area contributed by atoms with Crippen LogP contribution in [0, 0.1) is 0 Å². The molecule has 3 nitrogen and oxygen atoms in total. The van der Waals surface area contributed by atoms with Crippen LogP contribution in [0.4, 0.5) is 24.5 Å². The molecule has 1 aromatic carbocycles. The average Bonchev–Trinajstić information content (AvgIpc) is 2.18. The fraction of sp³-hybridized carbons (Fsp3) is 0.455. The van der Waals surface area contributed by atoms with E-state index in [0.29, 0.717) is 6.42 Å². The summed E-state index contributed by atoms with van der Waals surface area (Å²) in [6.07, 6.45) is -4.62. The third kappa shape index (κ3) is 4.14. The lowest BCUT2D eigenvalue weighted by atomic mass is 10.1. The minimum atomic E-state index is -4.44. The van der Waals surface area contributed by atoms with Crippen LogP contribution in [0.2, 0.25) is 0 Å². The molecule has 1 atom stereocenters. The van der Waals surface area contributed by atoms with E-state index in [1.807, 2.05) is 0 Å². The molecule has 0 radical (unpaired) electrons. The minimum Gasteiger partial charge on any atom is -0.399 e. The molecule has 0 fully saturated rings. The lowest BCUT2D eigenvalue weighted by Crippen LogP contribution is -2.14. The normalized spacial score (nSPS) is 13.5. The number of hydrogen-bond donors (Lipinski definition) is 3. The average molecular weight is 248 g/mol. The number of nitrogen functional groups attached to an aromatic ring is 1. The Morgan fingerprint density at radius 2 is 2.06 bits per heavy atom. The molecule has 0 aliphatic carbocycles. The monoisotopic (exact) mass is 248 g/mol. The SMILES string of the molecule is CC(O)CCNc1ccc(N)cc1C(F)(F)F. The van der Waals surface area contributed by atoms with Crippen LogP contribution in [-0.2, 0) is 6.18 Å². The van der Waals surface area contributed by atoms with Crippen molar-refractivity contribution in [1.29, 1.82) is 0 Å². The van der Waals surface area contributed by atoms with Crippen LogP contribution in [-0.4, -0.2) is 17.8 Å². The molecular weight excluding hydrogens is 233 g/mol.